The number of hydrogen-bond acceptors (Lipinski definition) is 4. The molecule has 0 amide bonds. The van der Waals surface area contributed by atoms with Crippen LogP contribution >= 0.6 is 0 Å². The number of hydrogen-bond donors (Lipinski definition) is 2. The van der Waals surface area contributed by atoms with Gasteiger partial charge in [-0.05, 0) is 12.8 Å². The standard InChI is InChI=1S/C12H20O6/c1-5-7(17-3)9(11(13)14)10(12(15)16)8(6-2)18-4/h7-8H,5-6H2,1-4H3,(H,13,14)(H,15,16)/b10-9-. The number of aliphatic carboxylic acids is 2. The lowest BCUT2D eigenvalue weighted by molar-refractivity contribution is -0.138. The highest BCUT2D eigenvalue weighted by Crippen LogP contribution is 2.21. The molecule has 0 aromatic rings. The molecular weight excluding hydrogens is 240 g/mol. The molecule has 2 N–H and O–H groups in total. The summed E-state index contributed by atoms with van der Waals surface area (Å²) in [6, 6.07) is 0. The molecule has 18 heavy (non-hydrogen) atoms. The molecule has 0 bridgehead atoms. The lowest BCUT2D eigenvalue weighted by Crippen LogP contribution is -2.30. The van der Waals surface area contributed by atoms with E-state index in [2.05, 4.69) is 0 Å². The van der Waals surface area contributed by atoms with Crippen molar-refractivity contribution in [3.63, 3.8) is 0 Å². The summed E-state index contributed by atoms with van der Waals surface area (Å²) in [7, 11) is 2.70. The van der Waals surface area contributed by atoms with Crippen molar-refractivity contribution in [3.05, 3.63) is 11.1 Å². The highest BCUT2D eigenvalue weighted by atomic mass is 16.5. The summed E-state index contributed by atoms with van der Waals surface area (Å²) in [5, 5.41) is 18.4. The molecule has 0 fully saturated rings. The fraction of sp³-hybridized carbons (Fsp3) is 0.667. The van der Waals surface area contributed by atoms with Gasteiger partial charge in [-0.15, -0.1) is 0 Å². The highest BCUT2D eigenvalue weighted by Gasteiger charge is 2.31. The zero-order valence-corrected chi connectivity index (χ0v) is 11.1. The molecule has 2 unspecified atom stereocenters. The fourth-order valence-electron chi connectivity index (χ4n) is 1.83. The van der Waals surface area contributed by atoms with Gasteiger partial charge in [0.15, 0.2) is 0 Å². The molecule has 0 radical (unpaired) electrons. The van der Waals surface area contributed by atoms with Crippen LogP contribution in [0.4, 0.5) is 0 Å². The summed E-state index contributed by atoms with van der Waals surface area (Å²) in [4.78, 5) is 22.6. The third-order valence-electron chi connectivity index (χ3n) is 2.71. The minimum absolute atomic E-state index is 0.249. The van der Waals surface area contributed by atoms with Gasteiger partial charge in [0.05, 0.1) is 23.4 Å². The Morgan fingerprint density at radius 2 is 1.17 bits per heavy atom. The maximum absolute atomic E-state index is 11.3. The van der Waals surface area contributed by atoms with E-state index in [1.54, 1.807) is 13.8 Å². The molecule has 6 heteroatoms. The van der Waals surface area contributed by atoms with Crippen LogP contribution in [-0.4, -0.2) is 48.6 Å². The fourth-order valence-corrected chi connectivity index (χ4v) is 1.83. The van der Waals surface area contributed by atoms with Crippen LogP contribution < -0.4 is 0 Å². The second-order valence-corrected chi connectivity index (χ2v) is 3.70. The number of carboxylic acid groups (broad SMARTS) is 2. The van der Waals surface area contributed by atoms with Crippen LogP contribution in [0.15, 0.2) is 11.1 Å². The van der Waals surface area contributed by atoms with Crippen molar-refractivity contribution in [1.82, 2.24) is 0 Å². The van der Waals surface area contributed by atoms with Crippen LogP contribution in [0.2, 0.25) is 0 Å². The SMILES string of the molecule is CCC(OC)/C(C(=O)O)=C(/C(=O)O)C(CC)OC. The summed E-state index contributed by atoms with van der Waals surface area (Å²) in [6.45, 7) is 3.45. The summed E-state index contributed by atoms with van der Waals surface area (Å²) in [5.74, 6) is -2.59. The van der Waals surface area contributed by atoms with Gasteiger partial charge < -0.3 is 19.7 Å². The van der Waals surface area contributed by atoms with E-state index in [0.717, 1.165) is 0 Å². The van der Waals surface area contributed by atoms with Gasteiger partial charge in [0.25, 0.3) is 0 Å². The van der Waals surface area contributed by atoms with Crippen LogP contribution in [0, 0.1) is 0 Å². The molecule has 0 aromatic carbocycles. The molecule has 0 aliphatic rings. The van der Waals surface area contributed by atoms with Gasteiger partial charge >= 0.3 is 11.9 Å². The number of methoxy groups -OCH3 is 2. The molecule has 0 spiro atoms. The first-order valence-corrected chi connectivity index (χ1v) is 5.70. The molecule has 0 aromatic heterocycles. The first kappa shape index (κ1) is 16.6. The Morgan fingerprint density at radius 1 is 0.889 bits per heavy atom. The second kappa shape index (κ2) is 7.84. The van der Waals surface area contributed by atoms with Crippen molar-refractivity contribution in [3.8, 4) is 0 Å². The largest absolute Gasteiger partial charge is 0.478 e. The number of carbonyl (C=O) groups is 2. The van der Waals surface area contributed by atoms with Gasteiger partial charge in [0, 0.05) is 14.2 Å². The Bertz CT molecular complexity index is 293. The van der Waals surface area contributed by atoms with Crippen molar-refractivity contribution < 1.29 is 29.3 Å². The summed E-state index contributed by atoms with van der Waals surface area (Å²) >= 11 is 0. The maximum Gasteiger partial charge on any atom is 0.334 e. The summed E-state index contributed by atoms with van der Waals surface area (Å²) < 4.78 is 10.1. The molecule has 0 heterocycles. The van der Waals surface area contributed by atoms with E-state index >= 15 is 0 Å². The van der Waals surface area contributed by atoms with Crippen LogP contribution in [0.3, 0.4) is 0 Å². The van der Waals surface area contributed by atoms with Gasteiger partial charge in [-0.1, -0.05) is 13.8 Å². The second-order valence-electron chi connectivity index (χ2n) is 3.70. The minimum atomic E-state index is -1.29. The smallest absolute Gasteiger partial charge is 0.334 e. The van der Waals surface area contributed by atoms with Gasteiger partial charge in [0.2, 0.25) is 0 Å². The van der Waals surface area contributed by atoms with Crippen LogP contribution in [0.1, 0.15) is 26.7 Å². The lowest BCUT2D eigenvalue weighted by Gasteiger charge is -2.21. The minimum Gasteiger partial charge on any atom is -0.478 e. The lowest BCUT2D eigenvalue weighted by atomic mass is 9.95. The van der Waals surface area contributed by atoms with E-state index in [0.29, 0.717) is 12.8 Å². The topological polar surface area (TPSA) is 93.1 Å². The third-order valence-corrected chi connectivity index (χ3v) is 2.71. The monoisotopic (exact) mass is 260 g/mol. The van der Waals surface area contributed by atoms with Crippen LogP contribution in [0.5, 0.6) is 0 Å². The number of rotatable bonds is 8. The molecule has 0 saturated carbocycles. The van der Waals surface area contributed by atoms with E-state index in [9.17, 15) is 19.8 Å². The zero-order chi connectivity index (χ0) is 14.3. The molecule has 0 rings (SSSR count). The van der Waals surface area contributed by atoms with E-state index in [1.807, 2.05) is 0 Å². The van der Waals surface area contributed by atoms with Gasteiger partial charge in [-0.2, -0.15) is 0 Å². The van der Waals surface area contributed by atoms with Crippen molar-refractivity contribution in [2.45, 2.75) is 38.9 Å². The Balaban J connectivity index is 5.86. The first-order valence-electron chi connectivity index (χ1n) is 5.70. The third kappa shape index (κ3) is 3.82. The van der Waals surface area contributed by atoms with Crippen molar-refractivity contribution >= 4 is 11.9 Å². The molecule has 2 atom stereocenters. The first-order chi connectivity index (χ1) is 8.44. The van der Waals surface area contributed by atoms with Crippen molar-refractivity contribution in [2.24, 2.45) is 0 Å². The van der Waals surface area contributed by atoms with Crippen molar-refractivity contribution in [2.75, 3.05) is 14.2 Å². The number of ether oxygens (including phenoxy) is 2. The van der Waals surface area contributed by atoms with Crippen molar-refractivity contribution in [1.29, 1.82) is 0 Å². The Morgan fingerprint density at radius 3 is 1.28 bits per heavy atom. The van der Waals surface area contributed by atoms with Gasteiger partial charge in [-0.3, -0.25) is 0 Å². The van der Waals surface area contributed by atoms with Crippen LogP contribution in [0.25, 0.3) is 0 Å². The average Bonchev–Trinajstić information content (AvgIpc) is 2.33. The van der Waals surface area contributed by atoms with E-state index in [1.165, 1.54) is 14.2 Å². The Labute approximate surface area is 106 Å². The van der Waals surface area contributed by atoms with Gasteiger partial charge in [-0.25, -0.2) is 9.59 Å². The molecular formula is C12H20O6. The van der Waals surface area contributed by atoms with Crippen LogP contribution in [-0.2, 0) is 19.1 Å². The predicted octanol–water partition coefficient (Wildman–Crippen LogP) is 1.30. The van der Waals surface area contributed by atoms with Gasteiger partial charge in [0.1, 0.15) is 0 Å². The zero-order valence-electron chi connectivity index (χ0n) is 11.1. The predicted molar refractivity (Wildman–Crippen MR) is 64.5 cm³/mol. The molecule has 0 aliphatic carbocycles. The average molecular weight is 260 g/mol. The summed E-state index contributed by atoms with van der Waals surface area (Å²) in [6.07, 6.45) is -0.792. The molecule has 0 saturated heterocycles. The van der Waals surface area contributed by atoms with E-state index in [-0.39, 0.29) is 11.1 Å². The maximum atomic E-state index is 11.3. The molecule has 104 valence electrons. The highest BCUT2D eigenvalue weighted by molar-refractivity contribution is 6.00. The number of carboxylic acids is 2. The Kier molecular flexibility index (Phi) is 7.23. The summed E-state index contributed by atoms with van der Waals surface area (Å²) in [5.41, 5.74) is -0.498. The van der Waals surface area contributed by atoms with E-state index < -0.39 is 24.1 Å². The quantitative estimate of drug-likeness (QED) is 0.639. The van der Waals surface area contributed by atoms with E-state index in [4.69, 9.17) is 9.47 Å². The Hall–Kier alpha value is -1.40. The normalized spacial score (nSPS) is 15.8. The molecule has 6 nitrogen and oxygen atoms in total. The molecule has 0 aliphatic heterocycles.